The van der Waals surface area contributed by atoms with Crippen LogP contribution in [0, 0.1) is 10.1 Å². The molecule has 114 valence electrons. The zero-order chi connectivity index (χ0) is 15.8. The van der Waals surface area contributed by atoms with E-state index in [4.69, 9.17) is 13.9 Å². The van der Waals surface area contributed by atoms with Gasteiger partial charge in [0.2, 0.25) is 18.6 Å². The predicted octanol–water partition coefficient (Wildman–Crippen LogP) is 3.04. The maximum atomic E-state index is 10.7. The zero-order valence-electron chi connectivity index (χ0n) is 11.6. The smallest absolute Gasteiger partial charge is 0.269 e. The van der Waals surface area contributed by atoms with E-state index in [2.05, 4.69) is 10.2 Å². The molecule has 1 aliphatic rings. The molecule has 3 aromatic rings. The van der Waals surface area contributed by atoms with Crippen molar-refractivity contribution < 1.29 is 18.8 Å². The van der Waals surface area contributed by atoms with Crippen LogP contribution in [0.25, 0.3) is 22.9 Å². The number of ether oxygens (including phenoxy) is 2. The summed E-state index contributed by atoms with van der Waals surface area (Å²) in [6.45, 7) is 0.191. The molecular formula is C15H9N3O5. The Kier molecular flexibility index (Phi) is 2.94. The van der Waals surface area contributed by atoms with Crippen molar-refractivity contribution in [2.24, 2.45) is 0 Å². The number of aromatic nitrogens is 2. The van der Waals surface area contributed by atoms with Crippen LogP contribution in [0.5, 0.6) is 11.5 Å². The lowest BCUT2D eigenvalue weighted by molar-refractivity contribution is -0.384. The Morgan fingerprint density at radius 1 is 0.913 bits per heavy atom. The van der Waals surface area contributed by atoms with Crippen molar-refractivity contribution >= 4 is 5.69 Å². The normalized spacial score (nSPS) is 12.3. The predicted molar refractivity (Wildman–Crippen MR) is 77.9 cm³/mol. The molecule has 0 saturated heterocycles. The number of fused-ring (bicyclic) bond motifs is 1. The molecule has 0 spiro atoms. The fourth-order valence-corrected chi connectivity index (χ4v) is 2.21. The van der Waals surface area contributed by atoms with Gasteiger partial charge in [-0.15, -0.1) is 10.2 Å². The zero-order valence-corrected chi connectivity index (χ0v) is 11.6. The van der Waals surface area contributed by atoms with Crippen molar-refractivity contribution in [3.05, 3.63) is 52.6 Å². The summed E-state index contributed by atoms with van der Waals surface area (Å²) >= 11 is 0. The molecule has 0 saturated carbocycles. The van der Waals surface area contributed by atoms with Gasteiger partial charge >= 0.3 is 0 Å². The Bertz CT molecular complexity index is 888. The minimum Gasteiger partial charge on any atom is -0.454 e. The van der Waals surface area contributed by atoms with Crippen molar-refractivity contribution in [2.45, 2.75) is 0 Å². The molecule has 0 N–H and O–H groups in total. The second-order valence-electron chi connectivity index (χ2n) is 4.78. The first-order valence-corrected chi connectivity index (χ1v) is 6.69. The molecule has 0 aliphatic carbocycles. The van der Waals surface area contributed by atoms with E-state index in [0.29, 0.717) is 28.5 Å². The minimum atomic E-state index is -0.463. The van der Waals surface area contributed by atoms with Gasteiger partial charge in [0.1, 0.15) is 0 Å². The first-order chi connectivity index (χ1) is 11.2. The molecule has 2 aromatic carbocycles. The van der Waals surface area contributed by atoms with Crippen molar-refractivity contribution in [1.29, 1.82) is 0 Å². The minimum absolute atomic E-state index is 0.00394. The van der Waals surface area contributed by atoms with Gasteiger partial charge in [0.15, 0.2) is 11.5 Å². The quantitative estimate of drug-likeness (QED) is 0.541. The Morgan fingerprint density at radius 3 is 2.30 bits per heavy atom. The summed E-state index contributed by atoms with van der Waals surface area (Å²) in [6.07, 6.45) is 0. The van der Waals surface area contributed by atoms with Crippen LogP contribution in [0.15, 0.2) is 46.9 Å². The van der Waals surface area contributed by atoms with E-state index in [9.17, 15) is 10.1 Å². The number of non-ortho nitro benzene ring substituents is 1. The van der Waals surface area contributed by atoms with Crippen molar-refractivity contribution in [2.75, 3.05) is 6.79 Å². The average molecular weight is 311 g/mol. The van der Waals surface area contributed by atoms with Crippen LogP contribution in [-0.2, 0) is 0 Å². The van der Waals surface area contributed by atoms with Crippen molar-refractivity contribution in [3.63, 3.8) is 0 Å². The molecule has 8 nitrogen and oxygen atoms in total. The number of rotatable bonds is 3. The highest BCUT2D eigenvalue weighted by Gasteiger charge is 2.17. The van der Waals surface area contributed by atoms with Gasteiger partial charge in [-0.05, 0) is 30.3 Å². The third kappa shape index (κ3) is 2.35. The van der Waals surface area contributed by atoms with Gasteiger partial charge in [0, 0.05) is 23.3 Å². The van der Waals surface area contributed by atoms with Crippen LogP contribution in [0.1, 0.15) is 0 Å². The van der Waals surface area contributed by atoms with Crippen LogP contribution >= 0.6 is 0 Å². The number of nitrogens with zero attached hydrogens (tertiary/aromatic N) is 3. The summed E-state index contributed by atoms with van der Waals surface area (Å²) in [7, 11) is 0. The SMILES string of the molecule is O=[N+]([O-])c1ccc(-c2nnc(-c3ccc4c(c3)OCO4)o2)cc1. The highest BCUT2D eigenvalue weighted by atomic mass is 16.7. The fourth-order valence-electron chi connectivity index (χ4n) is 2.21. The maximum Gasteiger partial charge on any atom is 0.269 e. The number of nitro groups is 1. The second kappa shape index (κ2) is 5.09. The number of hydrogen-bond donors (Lipinski definition) is 0. The van der Waals surface area contributed by atoms with E-state index in [1.165, 1.54) is 12.1 Å². The van der Waals surface area contributed by atoms with E-state index in [0.717, 1.165) is 0 Å². The lowest BCUT2D eigenvalue weighted by Crippen LogP contribution is -1.92. The van der Waals surface area contributed by atoms with Crippen LogP contribution in [0.2, 0.25) is 0 Å². The molecule has 0 radical (unpaired) electrons. The van der Waals surface area contributed by atoms with Crippen LogP contribution < -0.4 is 9.47 Å². The summed E-state index contributed by atoms with van der Waals surface area (Å²) in [5.74, 6) is 1.91. The molecule has 23 heavy (non-hydrogen) atoms. The number of hydrogen-bond acceptors (Lipinski definition) is 7. The highest BCUT2D eigenvalue weighted by Crippen LogP contribution is 2.36. The third-order valence-electron chi connectivity index (χ3n) is 3.37. The van der Waals surface area contributed by atoms with Crippen LogP contribution in [-0.4, -0.2) is 21.9 Å². The Labute approximate surface area is 129 Å². The van der Waals surface area contributed by atoms with Crippen molar-refractivity contribution in [1.82, 2.24) is 10.2 Å². The maximum absolute atomic E-state index is 10.7. The first-order valence-electron chi connectivity index (χ1n) is 6.69. The van der Waals surface area contributed by atoms with E-state index in [1.54, 1.807) is 30.3 Å². The lowest BCUT2D eigenvalue weighted by Gasteiger charge is -1.98. The topological polar surface area (TPSA) is 101 Å². The molecule has 0 bridgehead atoms. The Balaban J connectivity index is 1.65. The summed E-state index contributed by atoms with van der Waals surface area (Å²) in [4.78, 5) is 10.2. The molecular weight excluding hydrogens is 302 g/mol. The molecule has 1 aliphatic heterocycles. The summed E-state index contributed by atoms with van der Waals surface area (Å²) in [5.41, 5.74) is 1.31. The molecule has 4 rings (SSSR count). The van der Waals surface area contributed by atoms with Gasteiger partial charge in [-0.2, -0.15) is 0 Å². The Hall–Kier alpha value is -3.42. The lowest BCUT2D eigenvalue weighted by atomic mass is 10.2. The van der Waals surface area contributed by atoms with Gasteiger partial charge in [0.25, 0.3) is 5.69 Å². The second-order valence-corrected chi connectivity index (χ2v) is 4.78. The molecule has 1 aromatic heterocycles. The molecule has 8 heteroatoms. The fraction of sp³-hybridized carbons (Fsp3) is 0.0667. The Morgan fingerprint density at radius 2 is 1.57 bits per heavy atom. The van der Waals surface area contributed by atoms with Gasteiger partial charge in [0.05, 0.1) is 4.92 Å². The number of nitro benzene ring substituents is 1. The van der Waals surface area contributed by atoms with Crippen molar-refractivity contribution in [3.8, 4) is 34.4 Å². The summed E-state index contributed by atoms with van der Waals surface area (Å²) in [5, 5.41) is 18.6. The largest absolute Gasteiger partial charge is 0.454 e. The standard InChI is InChI=1S/C15H9N3O5/c19-18(20)11-4-1-9(2-5-11)14-16-17-15(23-14)10-3-6-12-13(7-10)22-8-21-12/h1-7H,8H2. The van der Waals surface area contributed by atoms with Crippen LogP contribution in [0.4, 0.5) is 5.69 Å². The number of benzene rings is 2. The van der Waals surface area contributed by atoms with Crippen LogP contribution in [0.3, 0.4) is 0 Å². The van der Waals surface area contributed by atoms with Gasteiger partial charge in [-0.1, -0.05) is 0 Å². The summed E-state index contributed by atoms with van der Waals surface area (Å²) in [6, 6.07) is 11.2. The molecule has 0 atom stereocenters. The molecule has 0 unspecified atom stereocenters. The average Bonchev–Trinajstić information content (AvgIpc) is 3.23. The van der Waals surface area contributed by atoms with E-state index >= 15 is 0 Å². The molecule has 0 amide bonds. The van der Waals surface area contributed by atoms with E-state index in [-0.39, 0.29) is 18.4 Å². The third-order valence-corrected chi connectivity index (χ3v) is 3.37. The monoisotopic (exact) mass is 311 g/mol. The first kappa shape index (κ1) is 13.3. The van der Waals surface area contributed by atoms with E-state index < -0.39 is 4.92 Å². The summed E-state index contributed by atoms with van der Waals surface area (Å²) < 4.78 is 16.2. The van der Waals surface area contributed by atoms with E-state index in [1.807, 2.05) is 0 Å². The van der Waals surface area contributed by atoms with Gasteiger partial charge in [-0.25, -0.2) is 0 Å². The van der Waals surface area contributed by atoms with Gasteiger partial charge < -0.3 is 13.9 Å². The molecule has 0 fully saturated rings. The molecule has 2 heterocycles. The van der Waals surface area contributed by atoms with Gasteiger partial charge in [-0.3, -0.25) is 10.1 Å². The highest BCUT2D eigenvalue weighted by molar-refractivity contribution is 5.62.